The number of carbonyl (C=O) groups is 1. The number of hydrogen-bond donors (Lipinski definition) is 5. The first-order valence-corrected chi connectivity index (χ1v) is 12.2. The van der Waals surface area contributed by atoms with Crippen LogP contribution in [0.2, 0.25) is 0 Å². The van der Waals surface area contributed by atoms with Crippen molar-refractivity contribution in [2.45, 2.75) is 55.4 Å². The molecule has 1 heterocycles. The van der Waals surface area contributed by atoms with Gasteiger partial charge in [0.15, 0.2) is 6.23 Å². The van der Waals surface area contributed by atoms with Crippen LogP contribution in [0, 0.1) is 5.92 Å². The molecule has 1 aliphatic heterocycles. The van der Waals surface area contributed by atoms with E-state index in [9.17, 15) is 38.7 Å². The first-order valence-electron chi connectivity index (χ1n) is 10.7. The predicted molar refractivity (Wildman–Crippen MR) is 121 cm³/mol. The molecule has 0 radical (unpaired) electrons. The van der Waals surface area contributed by atoms with Gasteiger partial charge in [0.2, 0.25) is 10.0 Å². The summed E-state index contributed by atoms with van der Waals surface area (Å²) in [6, 6.07) is 13.3. The molecule has 0 spiro atoms. The summed E-state index contributed by atoms with van der Waals surface area (Å²) >= 11 is 0. The number of ether oxygens (including phenoxy) is 1. The summed E-state index contributed by atoms with van der Waals surface area (Å²) in [6.07, 6.45) is -8.87. The number of benzene rings is 2. The molecule has 3 rings (SSSR count). The highest BCUT2D eigenvalue weighted by Gasteiger charge is 2.52. The highest BCUT2D eigenvalue weighted by Crippen LogP contribution is 2.33. The summed E-state index contributed by atoms with van der Waals surface area (Å²) in [7, 11) is -4.60. The Balaban J connectivity index is 2.09. The van der Waals surface area contributed by atoms with Gasteiger partial charge >= 0.3 is 5.97 Å². The van der Waals surface area contributed by atoms with E-state index < -0.39 is 65.2 Å². The van der Waals surface area contributed by atoms with Crippen LogP contribution in [0.5, 0.6) is 0 Å². The molecule has 0 aromatic heterocycles. The zero-order chi connectivity index (χ0) is 25.2. The van der Waals surface area contributed by atoms with Crippen LogP contribution in [0.4, 0.5) is 0 Å². The van der Waals surface area contributed by atoms with E-state index in [-0.39, 0.29) is 4.90 Å². The van der Waals surface area contributed by atoms with Crippen molar-refractivity contribution in [3.05, 3.63) is 54.6 Å². The summed E-state index contributed by atoms with van der Waals surface area (Å²) in [5.74, 6) is -2.25. The van der Waals surface area contributed by atoms with Crippen molar-refractivity contribution in [1.82, 2.24) is 4.31 Å². The third kappa shape index (κ3) is 5.01. The lowest BCUT2D eigenvalue weighted by atomic mass is 9.96. The van der Waals surface area contributed by atoms with Crippen LogP contribution >= 0.6 is 0 Å². The lowest BCUT2D eigenvalue weighted by Gasteiger charge is -2.46. The number of carboxylic acid groups (broad SMARTS) is 1. The van der Waals surface area contributed by atoms with Crippen LogP contribution in [-0.2, 0) is 19.6 Å². The number of nitrogens with zero attached hydrogens (tertiary/aromatic N) is 1. The Morgan fingerprint density at radius 1 is 0.941 bits per heavy atom. The van der Waals surface area contributed by atoms with Gasteiger partial charge in [-0.2, -0.15) is 4.31 Å². The molecule has 2 aromatic carbocycles. The minimum atomic E-state index is -4.60. The average Bonchev–Trinajstić information content (AvgIpc) is 2.81. The fourth-order valence-corrected chi connectivity index (χ4v) is 5.80. The van der Waals surface area contributed by atoms with Gasteiger partial charge in [0.1, 0.15) is 30.5 Å². The molecule has 6 atom stereocenters. The fraction of sp³-hybridized carbons (Fsp3) is 0.435. The van der Waals surface area contributed by atoms with E-state index in [4.69, 9.17) is 4.74 Å². The summed E-state index contributed by atoms with van der Waals surface area (Å²) < 4.78 is 33.4. The Hall–Kier alpha value is -2.38. The number of rotatable bonds is 8. The third-order valence-electron chi connectivity index (χ3n) is 5.81. The van der Waals surface area contributed by atoms with Crippen molar-refractivity contribution in [2.24, 2.45) is 5.92 Å². The van der Waals surface area contributed by atoms with E-state index in [2.05, 4.69) is 0 Å². The van der Waals surface area contributed by atoms with Gasteiger partial charge in [-0.15, -0.1) is 0 Å². The molecule has 10 nitrogen and oxygen atoms in total. The van der Waals surface area contributed by atoms with Crippen LogP contribution in [0.25, 0.3) is 11.1 Å². The van der Waals surface area contributed by atoms with Crippen LogP contribution in [0.3, 0.4) is 0 Å². The summed E-state index contributed by atoms with van der Waals surface area (Å²) in [6.45, 7) is 2.19. The fourth-order valence-electron chi connectivity index (χ4n) is 4.00. The van der Waals surface area contributed by atoms with Gasteiger partial charge < -0.3 is 30.3 Å². The maximum absolute atomic E-state index is 13.7. The van der Waals surface area contributed by atoms with E-state index in [0.29, 0.717) is 4.31 Å². The molecule has 1 aliphatic rings. The van der Waals surface area contributed by atoms with E-state index in [1.165, 1.54) is 26.0 Å². The Morgan fingerprint density at radius 3 is 2.00 bits per heavy atom. The van der Waals surface area contributed by atoms with Crippen molar-refractivity contribution >= 4 is 16.0 Å². The maximum Gasteiger partial charge on any atom is 0.322 e. The molecule has 0 amide bonds. The van der Waals surface area contributed by atoms with Crippen LogP contribution < -0.4 is 0 Å². The minimum Gasteiger partial charge on any atom is -0.480 e. The summed E-state index contributed by atoms with van der Waals surface area (Å²) in [4.78, 5) is 11.9. The third-order valence-corrected chi connectivity index (χ3v) is 7.67. The number of sulfonamides is 1. The number of aliphatic hydroxyl groups is 4. The second-order valence-electron chi connectivity index (χ2n) is 8.47. The van der Waals surface area contributed by atoms with Crippen molar-refractivity contribution in [2.75, 3.05) is 6.61 Å². The zero-order valence-corrected chi connectivity index (χ0v) is 19.5. The molecule has 186 valence electrons. The molecule has 2 aromatic rings. The Kier molecular flexibility index (Phi) is 8.09. The maximum atomic E-state index is 13.7. The largest absolute Gasteiger partial charge is 0.480 e. The van der Waals surface area contributed by atoms with Crippen LogP contribution in [0.1, 0.15) is 13.8 Å². The quantitative estimate of drug-likeness (QED) is 0.345. The number of aliphatic carboxylic acids is 1. The molecule has 1 fully saturated rings. The summed E-state index contributed by atoms with van der Waals surface area (Å²) in [5, 5.41) is 50.3. The van der Waals surface area contributed by atoms with E-state index in [0.717, 1.165) is 11.1 Å². The van der Waals surface area contributed by atoms with Crippen molar-refractivity contribution in [3.8, 4) is 11.1 Å². The number of hydrogen-bond acceptors (Lipinski definition) is 8. The molecule has 0 bridgehead atoms. The van der Waals surface area contributed by atoms with Crippen molar-refractivity contribution in [3.63, 3.8) is 0 Å². The molecule has 0 unspecified atom stereocenters. The van der Waals surface area contributed by atoms with Gasteiger partial charge in [-0.3, -0.25) is 4.79 Å². The Labute approximate surface area is 197 Å². The molecule has 5 N–H and O–H groups in total. The highest BCUT2D eigenvalue weighted by molar-refractivity contribution is 7.89. The van der Waals surface area contributed by atoms with Gasteiger partial charge in [0, 0.05) is 0 Å². The molecule has 11 heteroatoms. The Bertz CT molecular complexity index is 1070. The molecule has 1 saturated heterocycles. The number of carboxylic acids is 1. The monoisotopic (exact) mass is 495 g/mol. The first kappa shape index (κ1) is 26.2. The zero-order valence-electron chi connectivity index (χ0n) is 18.7. The topological polar surface area (TPSA) is 165 Å². The number of aliphatic hydroxyl groups excluding tert-OH is 4. The van der Waals surface area contributed by atoms with Gasteiger partial charge in [-0.25, -0.2) is 8.42 Å². The predicted octanol–water partition coefficient (Wildman–Crippen LogP) is 0.253. The van der Waals surface area contributed by atoms with E-state index >= 15 is 0 Å². The van der Waals surface area contributed by atoms with Gasteiger partial charge in [0.05, 0.1) is 11.5 Å². The molecule has 0 saturated carbocycles. The Morgan fingerprint density at radius 2 is 1.50 bits per heavy atom. The van der Waals surface area contributed by atoms with Gasteiger partial charge in [-0.1, -0.05) is 56.3 Å². The summed E-state index contributed by atoms with van der Waals surface area (Å²) in [5.41, 5.74) is 1.58. The lowest BCUT2D eigenvalue weighted by molar-refractivity contribution is -0.257. The molecular weight excluding hydrogens is 466 g/mol. The highest BCUT2D eigenvalue weighted by atomic mass is 32.2. The standard InChI is InChI=1S/C23H29NO9S/c1-13(2)18(23(29)30)24(22-21(28)20(27)19(26)17(12-25)33-22)34(31,32)16-10-8-15(9-11-16)14-6-4-3-5-7-14/h3-11,13,17-22,25-28H,12H2,1-2H3,(H,29,30)/t17-,18-,19-,20+,21-,22-/m1/s1. The normalized spacial score (nSPS) is 26.5. The average molecular weight is 496 g/mol. The van der Waals surface area contributed by atoms with Crippen molar-refractivity contribution in [1.29, 1.82) is 0 Å². The SMILES string of the molecule is CC(C)[C@H](C(=O)O)N([C@@H]1O[C@H](CO)[C@@H](O)[C@H](O)[C@H]1O)S(=O)(=O)c1ccc(-c2ccccc2)cc1. The van der Waals surface area contributed by atoms with Gasteiger partial charge in [0.25, 0.3) is 0 Å². The van der Waals surface area contributed by atoms with Crippen LogP contribution in [-0.4, -0.2) is 87.5 Å². The second kappa shape index (κ2) is 10.5. The smallest absolute Gasteiger partial charge is 0.322 e. The van der Waals surface area contributed by atoms with E-state index in [1.807, 2.05) is 30.3 Å². The minimum absolute atomic E-state index is 0.254. The second-order valence-corrected chi connectivity index (χ2v) is 10.3. The van der Waals surface area contributed by atoms with Crippen molar-refractivity contribution < 1.29 is 43.5 Å². The van der Waals surface area contributed by atoms with E-state index in [1.54, 1.807) is 12.1 Å². The van der Waals surface area contributed by atoms with Gasteiger partial charge in [-0.05, 0) is 29.2 Å². The first-order chi connectivity index (χ1) is 16.0. The molecule has 34 heavy (non-hydrogen) atoms. The lowest BCUT2D eigenvalue weighted by Crippen LogP contribution is -2.67. The van der Waals surface area contributed by atoms with Crippen LogP contribution in [0.15, 0.2) is 59.5 Å². The molecule has 0 aliphatic carbocycles. The molecular formula is C23H29NO9S.